The van der Waals surface area contributed by atoms with E-state index in [0.717, 1.165) is 0 Å². The first kappa shape index (κ1) is 14.7. The van der Waals surface area contributed by atoms with Gasteiger partial charge < -0.3 is 5.32 Å². The second kappa shape index (κ2) is 5.72. The number of hydrogen-bond acceptors (Lipinski definition) is 5. The Kier molecular flexibility index (Phi) is 4.20. The number of nitrogens with one attached hydrogen (secondary N) is 1. The summed E-state index contributed by atoms with van der Waals surface area (Å²) in [6.45, 7) is 1.76. The van der Waals surface area contributed by atoms with Crippen molar-refractivity contribution in [1.29, 1.82) is 0 Å². The van der Waals surface area contributed by atoms with Crippen LogP contribution in [0.25, 0.3) is 0 Å². The van der Waals surface area contributed by atoms with E-state index in [1.807, 2.05) is 0 Å². The van der Waals surface area contributed by atoms with E-state index >= 15 is 0 Å². The molecule has 0 aliphatic heterocycles. The summed E-state index contributed by atoms with van der Waals surface area (Å²) in [4.78, 5) is 16.7. The number of carbonyl (C=O) groups is 1. The van der Waals surface area contributed by atoms with Crippen molar-refractivity contribution in [3.05, 3.63) is 45.9 Å². The van der Waals surface area contributed by atoms with Crippen LogP contribution in [0.15, 0.2) is 29.8 Å². The van der Waals surface area contributed by atoms with E-state index in [0.29, 0.717) is 21.8 Å². The average molecular weight is 310 g/mol. The van der Waals surface area contributed by atoms with Gasteiger partial charge in [-0.1, -0.05) is 18.2 Å². The minimum atomic E-state index is -3.16. The van der Waals surface area contributed by atoms with Crippen molar-refractivity contribution in [2.24, 2.45) is 0 Å². The van der Waals surface area contributed by atoms with Crippen LogP contribution in [0.5, 0.6) is 0 Å². The second-order valence-corrected chi connectivity index (χ2v) is 7.44. The molecule has 0 bridgehead atoms. The molecule has 0 radical (unpaired) electrons. The molecule has 5 nitrogen and oxygen atoms in total. The summed E-state index contributed by atoms with van der Waals surface area (Å²) in [6.07, 6.45) is 1.17. The molecule has 0 saturated carbocycles. The molecule has 0 aliphatic rings. The van der Waals surface area contributed by atoms with Crippen molar-refractivity contribution < 1.29 is 13.2 Å². The van der Waals surface area contributed by atoms with Crippen LogP contribution in [-0.2, 0) is 15.6 Å². The van der Waals surface area contributed by atoms with Gasteiger partial charge in [0.05, 0.1) is 17.0 Å². The standard InChI is InChI=1S/C13H14N2O3S2/c1-9-12(19-8-14-9)13(16)15-11-6-4-3-5-10(11)7-20(2,17)18/h3-6,8H,7H2,1-2H3,(H,15,16). The maximum atomic E-state index is 12.1. The minimum absolute atomic E-state index is 0.106. The summed E-state index contributed by atoms with van der Waals surface area (Å²) in [6, 6.07) is 6.88. The number of aromatic nitrogens is 1. The molecule has 0 aliphatic carbocycles. The molecular weight excluding hydrogens is 296 g/mol. The fourth-order valence-corrected chi connectivity index (χ4v) is 3.26. The van der Waals surface area contributed by atoms with E-state index in [2.05, 4.69) is 10.3 Å². The predicted octanol–water partition coefficient (Wildman–Crippen LogP) is 2.25. The Morgan fingerprint density at radius 3 is 2.65 bits per heavy atom. The van der Waals surface area contributed by atoms with Gasteiger partial charge in [-0.05, 0) is 18.6 Å². The van der Waals surface area contributed by atoms with Gasteiger partial charge in [0.15, 0.2) is 9.84 Å². The lowest BCUT2D eigenvalue weighted by molar-refractivity contribution is 0.102. The summed E-state index contributed by atoms with van der Waals surface area (Å²) in [5, 5.41) is 2.74. The summed E-state index contributed by atoms with van der Waals surface area (Å²) < 4.78 is 22.8. The summed E-state index contributed by atoms with van der Waals surface area (Å²) in [7, 11) is -3.16. The number of nitrogens with zero attached hydrogens (tertiary/aromatic N) is 1. The smallest absolute Gasteiger partial charge is 0.267 e. The van der Waals surface area contributed by atoms with Crippen molar-refractivity contribution in [2.75, 3.05) is 11.6 Å². The molecule has 7 heteroatoms. The molecule has 1 aromatic carbocycles. The Morgan fingerprint density at radius 1 is 1.35 bits per heavy atom. The zero-order valence-corrected chi connectivity index (χ0v) is 12.7. The average Bonchev–Trinajstić information content (AvgIpc) is 2.76. The van der Waals surface area contributed by atoms with Crippen molar-refractivity contribution in [1.82, 2.24) is 4.98 Å². The van der Waals surface area contributed by atoms with Gasteiger partial charge in [-0.25, -0.2) is 13.4 Å². The quantitative estimate of drug-likeness (QED) is 0.939. The number of sulfone groups is 1. The first-order chi connectivity index (χ1) is 9.37. The van der Waals surface area contributed by atoms with E-state index < -0.39 is 9.84 Å². The zero-order chi connectivity index (χ0) is 14.8. The lowest BCUT2D eigenvalue weighted by atomic mass is 10.2. The SMILES string of the molecule is Cc1ncsc1C(=O)Nc1ccccc1CS(C)(=O)=O. The van der Waals surface area contributed by atoms with E-state index in [-0.39, 0.29) is 11.7 Å². The lowest BCUT2D eigenvalue weighted by Crippen LogP contribution is -2.14. The van der Waals surface area contributed by atoms with Crippen LogP contribution in [0, 0.1) is 6.92 Å². The third kappa shape index (κ3) is 3.64. The highest BCUT2D eigenvalue weighted by Crippen LogP contribution is 2.20. The van der Waals surface area contributed by atoms with Crippen molar-refractivity contribution >= 4 is 32.8 Å². The number of thiazole rings is 1. The fraction of sp³-hybridized carbons (Fsp3) is 0.231. The molecule has 0 saturated heterocycles. The highest BCUT2D eigenvalue weighted by Gasteiger charge is 2.15. The number of amides is 1. The minimum Gasteiger partial charge on any atom is -0.321 e. The molecule has 20 heavy (non-hydrogen) atoms. The van der Waals surface area contributed by atoms with Crippen molar-refractivity contribution in [3.63, 3.8) is 0 Å². The Bertz CT molecular complexity index is 736. The highest BCUT2D eigenvalue weighted by molar-refractivity contribution is 7.89. The summed E-state index contributed by atoms with van der Waals surface area (Å²) in [5.41, 5.74) is 3.35. The van der Waals surface area contributed by atoms with Crippen LogP contribution in [0.4, 0.5) is 5.69 Å². The maximum Gasteiger partial charge on any atom is 0.267 e. The Balaban J connectivity index is 2.26. The third-order valence-corrected chi connectivity index (χ3v) is 4.40. The van der Waals surface area contributed by atoms with E-state index in [1.165, 1.54) is 17.6 Å². The highest BCUT2D eigenvalue weighted by atomic mass is 32.2. The number of benzene rings is 1. The number of carbonyl (C=O) groups excluding carboxylic acids is 1. The van der Waals surface area contributed by atoms with Gasteiger partial charge >= 0.3 is 0 Å². The zero-order valence-electron chi connectivity index (χ0n) is 11.1. The van der Waals surface area contributed by atoms with Crippen molar-refractivity contribution in [3.8, 4) is 0 Å². The first-order valence-electron chi connectivity index (χ1n) is 5.84. The molecule has 0 fully saturated rings. The number of hydrogen-bond donors (Lipinski definition) is 1. The van der Waals surface area contributed by atoms with Crippen LogP contribution in [0.2, 0.25) is 0 Å². The molecule has 0 unspecified atom stereocenters. The van der Waals surface area contributed by atoms with Crippen LogP contribution in [0.3, 0.4) is 0 Å². The number of anilines is 1. The monoisotopic (exact) mass is 310 g/mol. The number of aryl methyl sites for hydroxylation is 1. The Hall–Kier alpha value is -1.73. The molecule has 2 rings (SSSR count). The first-order valence-corrected chi connectivity index (χ1v) is 8.78. The maximum absolute atomic E-state index is 12.1. The molecule has 106 valence electrons. The normalized spacial score (nSPS) is 11.3. The summed E-state index contributed by atoms with van der Waals surface area (Å²) in [5.74, 6) is -0.378. The van der Waals surface area contributed by atoms with Gasteiger partial charge in [-0.15, -0.1) is 11.3 Å². The van der Waals surface area contributed by atoms with Crippen LogP contribution < -0.4 is 5.32 Å². The van der Waals surface area contributed by atoms with Gasteiger partial charge in [0.2, 0.25) is 0 Å². The number of para-hydroxylation sites is 1. The van der Waals surface area contributed by atoms with Gasteiger partial charge in [0, 0.05) is 11.9 Å². The van der Waals surface area contributed by atoms with Crippen molar-refractivity contribution in [2.45, 2.75) is 12.7 Å². The second-order valence-electron chi connectivity index (χ2n) is 4.45. The fourth-order valence-electron chi connectivity index (χ4n) is 1.75. The van der Waals surface area contributed by atoms with Gasteiger partial charge in [0.1, 0.15) is 4.88 Å². The molecule has 1 heterocycles. The van der Waals surface area contributed by atoms with E-state index in [4.69, 9.17) is 0 Å². The molecule has 0 spiro atoms. The van der Waals surface area contributed by atoms with E-state index in [1.54, 1.807) is 36.7 Å². The van der Waals surface area contributed by atoms with Gasteiger partial charge in [-0.2, -0.15) is 0 Å². The molecular formula is C13H14N2O3S2. The topological polar surface area (TPSA) is 76.1 Å². The van der Waals surface area contributed by atoms with Crippen LogP contribution in [0.1, 0.15) is 20.9 Å². The molecule has 1 N–H and O–H groups in total. The van der Waals surface area contributed by atoms with Gasteiger partial charge in [-0.3, -0.25) is 4.79 Å². The number of rotatable bonds is 4. The predicted molar refractivity (Wildman–Crippen MR) is 79.8 cm³/mol. The molecule has 1 amide bonds. The largest absolute Gasteiger partial charge is 0.321 e. The molecule has 2 aromatic rings. The van der Waals surface area contributed by atoms with Crippen LogP contribution in [-0.4, -0.2) is 25.6 Å². The summed E-state index contributed by atoms with van der Waals surface area (Å²) >= 11 is 1.25. The Morgan fingerprint density at radius 2 is 2.05 bits per heavy atom. The lowest BCUT2D eigenvalue weighted by Gasteiger charge is -2.09. The molecule has 1 aromatic heterocycles. The molecule has 0 atom stereocenters. The van der Waals surface area contributed by atoms with Gasteiger partial charge in [0.25, 0.3) is 5.91 Å². The third-order valence-electron chi connectivity index (χ3n) is 2.64. The Labute approximate surface area is 121 Å². The van der Waals surface area contributed by atoms with Crippen LogP contribution >= 0.6 is 11.3 Å². The van der Waals surface area contributed by atoms with E-state index in [9.17, 15) is 13.2 Å².